The fourth-order valence-corrected chi connectivity index (χ4v) is 7.55. The van der Waals surface area contributed by atoms with Gasteiger partial charge < -0.3 is 20.9 Å². The summed E-state index contributed by atoms with van der Waals surface area (Å²) >= 11 is 0. The molecule has 51 heavy (non-hydrogen) atoms. The van der Waals surface area contributed by atoms with Crippen LogP contribution in [0.25, 0.3) is 0 Å². The van der Waals surface area contributed by atoms with E-state index in [0.29, 0.717) is 62.4 Å². The Bertz CT molecular complexity index is 1980. The number of anilines is 1. The standard InChI is InChI=1S/C36H41N7O7S/c1-51(49,50)26-12-9-23(10-13-26)18-28-33(34(37)46)38-19-30(40-28)42-16-4-6-25(21-42)39-31(44)7-3-2-5-22-8-11-24-20-43(36(48)27(24)17-22)29-14-15-32(45)41-35(29)47/h8-13,17,19,25,29H,2-7,14-16,18,20-21H2,1H3,(H2,37,46)(H,39,44)(H,41,45,47)/t25-,29?/m1/s1. The van der Waals surface area contributed by atoms with Gasteiger partial charge in [-0.2, -0.15) is 0 Å². The summed E-state index contributed by atoms with van der Waals surface area (Å²) in [6.07, 6.45) is 7.56. The molecule has 14 nitrogen and oxygen atoms in total. The summed E-state index contributed by atoms with van der Waals surface area (Å²) in [7, 11) is -3.35. The molecule has 15 heteroatoms. The molecule has 2 saturated heterocycles. The average Bonchev–Trinajstić information content (AvgIpc) is 3.41. The predicted octanol–water partition coefficient (Wildman–Crippen LogP) is 1.83. The van der Waals surface area contributed by atoms with Crippen LogP contribution >= 0.6 is 0 Å². The summed E-state index contributed by atoms with van der Waals surface area (Å²) < 4.78 is 23.7. The van der Waals surface area contributed by atoms with E-state index in [-0.39, 0.29) is 47.2 Å². The number of rotatable bonds is 12. The summed E-state index contributed by atoms with van der Waals surface area (Å²) in [4.78, 5) is 74.8. The molecule has 6 rings (SSSR count). The lowest BCUT2D eigenvalue weighted by molar-refractivity contribution is -0.137. The van der Waals surface area contributed by atoms with Crippen LogP contribution in [0.4, 0.5) is 5.82 Å². The molecule has 268 valence electrons. The molecule has 5 amide bonds. The fourth-order valence-electron chi connectivity index (χ4n) is 6.92. The molecule has 2 atom stereocenters. The Balaban J connectivity index is 0.989. The summed E-state index contributed by atoms with van der Waals surface area (Å²) in [5, 5.41) is 5.47. The molecule has 2 aromatic carbocycles. The number of nitrogens with one attached hydrogen (secondary N) is 2. The van der Waals surface area contributed by atoms with E-state index >= 15 is 0 Å². The van der Waals surface area contributed by atoms with Gasteiger partial charge in [0, 0.05) is 56.8 Å². The molecule has 0 spiro atoms. The first kappa shape index (κ1) is 35.6. The van der Waals surface area contributed by atoms with E-state index in [2.05, 4.69) is 15.6 Å². The Morgan fingerprint density at radius 3 is 2.53 bits per heavy atom. The van der Waals surface area contributed by atoms with E-state index < -0.39 is 27.7 Å². The quantitative estimate of drug-likeness (QED) is 0.184. The monoisotopic (exact) mass is 715 g/mol. The zero-order valence-corrected chi connectivity index (χ0v) is 29.2. The summed E-state index contributed by atoms with van der Waals surface area (Å²) in [5.74, 6) is -1.13. The Morgan fingerprint density at radius 1 is 1.04 bits per heavy atom. The Morgan fingerprint density at radius 2 is 1.80 bits per heavy atom. The first-order valence-corrected chi connectivity index (χ1v) is 19.0. The molecule has 3 aromatic rings. The number of hydrogen-bond acceptors (Lipinski definition) is 10. The Kier molecular flexibility index (Phi) is 10.5. The van der Waals surface area contributed by atoms with Crippen LogP contribution in [0.1, 0.15) is 88.2 Å². The third-order valence-corrected chi connectivity index (χ3v) is 10.7. The Labute approximate surface area is 296 Å². The van der Waals surface area contributed by atoms with Crippen molar-refractivity contribution in [3.63, 3.8) is 0 Å². The van der Waals surface area contributed by atoms with Crippen molar-refractivity contribution < 1.29 is 32.4 Å². The normalized spacial score (nSPS) is 19.1. The molecule has 2 fully saturated rings. The van der Waals surface area contributed by atoms with Crippen LogP contribution in [0.3, 0.4) is 0 Å². The molecule has 0 radical (unpaired) electrons. The van der Waals surface area contributed by atoms with Crippen molar-refractivity contribution in [2.24, 2.45) is 5.73 Å². The van der Waals surface area contributed by atoms with Crippen LogP contribution in [0.15, 0.2) is 53.6 Å². The zero-order valence-electron chi connectivity index (χ0n) is 28.4. The van der Waals surface area contributed by atoms with E-state index in [1.165, 1.54) is 18.3 Å². The van der Waals surface area contributed by atoms with Crippen LogP contribution in [0, 0.1) is 0 Å². The second kappa shape index (κ2) is 15.0. The van der Waals surface area contributed by atoms with Gasteiger partial charge in [-0.3, -0.25) is 29.3 Å². The van der Waals surface area contributed by atoms with Crippen molar-refractivity contribution >= 4 is 45.2 Å². The summed E-state index contributed by atoms with van der Waals surface area (Å²) in [5.41, 5.74) is 9.21. The predicted molar refractivity (Wildman–Crippen MR) is 186 cm³/mol. The number of fused-ring (bicyclic) bond motifs is 1. The number of benzene rings is 2. The number of amides is 5. The molecule has 1 aromatic heterocycles. The Hall–Kier alpha value is -5.18. The van der Waals surface area contributed by atoms with Crippen molar-refractivity contribution in [1.82, 2.24) is 25.5 Å². The van der Waals surface area contributed by atoms with Gasteiger partial charge in [0.15, 0.2) is 9.84 Å². The SMILES string of the molecule is CS(=O)(=O)c1ccc(Cc2nc(N3CCC[C@@H](NC(=O)CCCCc4ccc5c(c4)C(=O)N(C4CCC(=O)NC4=O)C5)C3)cnc2C(N)=O)cc1. The number of hydrogen-bond donors (Lipinski definition) is 3. The lowest BCUT2D eigenvalue weighted by Gasteiger charge is -2.34. The molecule has 0 saturated carbocycles. The number of nitrogens with zero attached hydrogens (tertiary/aromatic N) is 4. The maximum atomic E-state index is 13.1. The number of piperidine rings is 2. The molecule has 0 bridgehead atoms. The fraction of sp³-hybridized carbons (Fsp3) is 0.417. The summed E-state index contributed by atoms with van der Waals surface area (Å²) in [6.45, 7) is 1.57. The third-order valence-electron chi connectivity index (χ3n) is 9.61. The van der Waals surface area contributed by atoms with Crippen LogP contribution in [0.2, 0.25) is 0 Å². The van der Waals surface area contributed by atoms with Gasteiger partial charge in [0.2, 0.25) is 17.7 Å². The van der Waals surface area contributed by atoms with E-state index in [0.717, 1.165) is 42.2 Å². The van der Waals surface area contributed by atoms with Crippen molar-refractivity contribution in [1.29, 1.82) is 0 Å². The number of aromatic nitrogens is 2. The van der Waals surface area contributed by atoms with Gasteiger partial charge in [0.25, 0.3) is 11.8 Å². The van der Waals surface area contributed by atoms with Crippen molar-refractivity contribution in [2.45, 2.75) is 81.3 Å². The lowest BCUT2D eigenvalue weighted by atomic mass is 10.0. The van der Waals surface area contributed by atoms with Gasteiger partial charge in [-0.05, 0) is 73.4 Å². The number of imide groups is 1. The van der Waals surface area contributed by atoms with Crippen LogP contribution < -0.4 is 21.3 Å². The minimum absolute atomic E-state index is 0.0424. The van der Waals surface area contributed by atoms with E-state index in [1.807, 2.05) is 23.1 Å². The molecular formula is C36H41N7O7S. The van der Waals surface area contributed by atoms with Crippen molar-refractivity contribution in [2.75, 3.05) is 24.2 Å². The van der Waals surface area contributed by atoms with Gasteiger partial charge in [0.1, 0.15) is 17.6 Å². The van der Waals surface area contributed by atoms with E-state index in [1.54, 1.807) is 17.0 Å². The largest absolute Gasteiger partial charge is 0.364 e. The highest BCUT2D eigenvalue weighted by molar-refractivity contribution is 7.90. The number of unbranched alkanes of at least 4 members (excludes halogenated alkanes) is 1. The van der Waals surface area contributed by atoms with Gasteiger partial charge in [-0.1, -0.05) is 24.3 Å². The van der Waals surface area contributed by atoms with Gasteiger partial charge in [-0.25, -0.2) is 18.4 Å². The number of primary amides is 1. The minimum atomic E-state index is -3.35. The van der Waals surface area contributed by atoms with Crippen LogP contribution in [-0.2, 0) is 43.6 Å². The molecule has 1 unspecified atom stereocenters. The molecule has 3 aliphatic rings. The molecule has 4 N–H and O–H groups in total. The summed E-state index contributed by atoms with van der Waals surface area (Å²) in [6, 6.07) is 11.4. The lowest BCUT2D eigenvalue weighted by Crippen LogP contribution is -2.52. The smallest absolute Gasteiger partial charge is 0.269 e. The first-order chi connectivity index (χ1) is 24.4. The van der Waals surface area contributed by atoms with E-state index in [4.69, 9.17) is 10.7 Å². The van der Waals surface area contributed by atoms with Gasteiger partial charge in [0.05, 0.1) is 16.8 Å². The highest BCUT2D eigenvalue weighted by Gasteiger charge is 2.39. The average molecular weight is 716 g/mol. The number of aryl methyl sites for hydroxylation is 1. The number of sulfone groups is 1. The highest BCUT2D eigenvalue weighted by atomic mass is 32.2. The van der Waals surface area contributed by atoms with Crippen molar-refractivity contribution in [3.05, 3.63) is 82.3 Å². The second-order valence-corrected chi connectivity index (χ2v) is 15.4. The topological polar surface area (TPSA) is 202 Å². The molecule has 3 aliphatic heterocycles. The number of nitrogens with two attached hydrogens (primary N) is 1. The van der Waals surface area contributed by atoms with E-state index in [9.17, 15) is 32.4 Å². The first-order valence-electron chi connectivity index (χ1n) is 17.1. The van der Waals surface area contributed by atoms with Gasteiger partial charge >= 0.3 is 0 Å². The highest BCUT2D eigenvalue weighted by Crippen LogP contribution is 2.29. The maximum Gasteiger partial charge on any atom is 0.269 e. The van der Waals surface area contributed by atoms with Crippen molar-refractivity contribution in [3.8, 4) is 0 Å². The molecule has 4 heterocycles. The van der Waals surface area contributed by atoms with Crippen LogP contribution in [0.5, 0.6) is 0 Å². The molecule has 0 aliphatic carbocycles. The van der Waals surface area contributed by atoms with Crippen LogP contribution in [-0.4, -0.2) is 84.3 Å². The number of carbonyl (C=O) groups excluding carboxylic acids is 5. The maximum absolute atomic E-state index is 13.1. The third kappa shape index (κ3) is 8.42. The second-order valence-electron chi connectivity index (χ2n) is 13.4. The minimum Gasteiger partial charge on any atom is -0.364 e. The zero-order chi connectivity index (χ0) is 36.3. The molecular weight excluding hydrogens is 675 g/mol. The van der Waals surface area contributed by atoms with Gasteiger partial charge in [-0.15, -0.1) is 0 Å². The number of carbonyl (C=O) groups is 5.